The molecular weight excluding hydrogens is 234 g/mol. The van der Waals surface area contributed by atoms with Crippen LogP contribution in [0.2, 0.25) is 0 Å². The fourth-order valence-electron chi connectivity index (χ4n) is 2.05. The average Bonchev–Trinajstić information content (AvgIpc) is 2.14. The Morgan fingerprint density at radius 3 is 1.89 bits per heavy atom. The number of hydrogen-bond donors (Lipinski definition) is 6. The van der Waals surface area contributed by atoms with Crippen molar-refractivity contribution in [3.8, 4) is 0 Å². The van der Waals surface area contributed by atoms with Gasteiger partial charge in [0.15, 0.2) is 0 Å². The number of aliphatic hydroxyl groups is 3. The first-order valence-electron chi connectivity index (χ1n) is 6.58. The molecule has 6 heteroatoms. The van der Waals surface area contributed by atoms with E-state index < -0.39 is 12.2 Å². The highest BCUT2D eigenvalue weighted by atomic mass is 16.3. The molecule has 0 aliphatic rings. The van der Waals surface area contributed by atoms with Crippen LogP contribution in [0.15, 0.2) is 0 Å². The van der Waals surface area contributed by atoms with Crippen LogP contribution in [0, 0.1) is 0 Å². The summed E-state index contributed by atoms with van der Waals surface area (Å²) < 4.78 is 0. The molecule has 0 spiro atoms. The summed E-state index contributed by atoms with van der Waals surface area (Å²) in [4.78, 5) is 0. The molecule has 4 unspecified atom stereocenters. The largest absolute Gasteiger partial charge is 0.396 e. The molecule has 0 radical (unpaired) electrons. The molecule has 0 aliphatic heterocycles. The third-order valence-electron chi connectivity index (χ3n) is 2.87. The zero-order chi connectivity index (χ0) is 14.1. The van der Waals surface area contributed by atoms with Crippen LogP contribution in [0.1, 0.15) is 39.0 Å². The van der Waals surface area contributed by atoms with E-state index >= 15 is 0 Å². The summed E-state index contributed by atoms with van der Waals surface area (Å²) in [6.45, 7) is 1.86. The van der Waals surface area contributed by atoms with E-state index in [1.54, 1.807) is 0 Å². The molecular formula is C12H29N3O3. The summed E-state index contributed by atoms with van der Waals surface area (Å²) in [5.74, 6) is 0. The summed E-state index contributed by atoms with van der Waals surface area (Å²) in [7, 11) is 0. The molecule has 9 N–H and O–H groups in total. The van der Waals surface area contributed by atoms with E-state index in [0.29, 0.717) is 25.7 Å². The molecule has 0 aromatic carbocycles. The molecule has 0 heterocycles. The topological polar surface area (TPSA) is 139 Å². The molecule has 0 aromatic rings. The van der Waals surface area contributed by atoms with Gasteiger partial charge in [0.25, 0.3) is 0 Å². The maximum atomic E-state index is 9.77. The van der Waals surface area contributed by atoms with Gasteiger partial charge in [-0.05, 0) is 39.0 Å². The molecule has 0 fully saturated rings. The quantitative estimate of drug-likeness (QED) is 0.288. The van der Waals surface area contributed by atoms with Crippen molar-refractivity contribution >= 4 is 0 Å². The van der Waals surface area contributed by atoms with Crippen LogP contribution in [0.3, 0.4) is 0 Å². The normalized spacial score (nSPS) is 20.2. The van der Waals surface area contributed by atoms with Crippen LogP contribution in [-0.2, 0) is 0 Å². The van der Waals surface area contributed by atoms with Gasteiger partial charge in [0.2, 0.25) is 0 Å². The lowest BCUT2D eigenvalue weighted by Gasteiger charge is -2.22. The smallest absolute Gasteiger partial charge is 0.0579 e. The Kier molecular flexibility index (Phi) is 9.53. The number of hydrogen-bond acceptors (Lipinski definition) is 6. The van der Waals surface area contributed by atoms with E-state index in [1.165, 1.54) is 0 Å². The second-order valence-electron chi connectivity index (χ2n) is 5.26. The van der Waals surface area contributed by atoms with Crippen LogP contribution in [0.4, 0.5) is 0 Å². The zero-order valence-corrected chi connectivity index (χ0v) is 11.2. The fraction of sp³-hybridized carbons (Fsp3) is 1.00. The summed E-state index contributed by atoms with van der Waals surface area (Å²) in [5, 5.41) is 28.1. The molecule has 0 aliphatic carbocycles. The summed E-state index contributed by atoms with van der Waals surface area (Å²) in [6, 6.07) is -0.450. The minimum atomic E-state index is -0.643. The minimum absolute atomic E-state index is 0.0452. The third kappa shape index (κ3) is 9.76. The Bertz CT molecular complexity index is 205. The lowest BCUT2D eigenvalue weighted by molar-refractivity contribution is 0.0637. The van der Waals surface area contributed by atoms with E-state index in [4.69, 9.17) is 22.3 Å². The maximum absolute atomic E-state index is 9.77. The van der Waals surface area contributed by atoms with Gasteiger partial charge in [-0.25, -0.2) is 0 Å². The van der Waals surface area contributed by atoms with Gasteiger partial charge in [0.05, 0.1) is 12.2 Å². The molecule has 18 heavy (non-hydrogen) atoms. The Morgan fingerprint density at radius 1 is 0.833 bits per heavy atom. The predicted octanol–water partition coefficient (Wildman–Crippen LogP) is -1.35. The van der Waals surface area contributed by atoms with Crippen molar-refractivity contribution in [1.82, 2.24) is 0 Å². The van der Waals surface area contributed by atoms with Gasteiger partial charge in [-0.1, -0.05) is 0 Å². The summed E-state index contributed by atoms with van der Waals surface area (Å²) in [6.07, 6.45) is 0.974. The van der Waals surface area contributed by atoms with Crippen molar-refractivity contribution < 1.29 is 15.3 Å². The Balaban J connectivity index is 3.82. The van der Waals surface area contributed by atoms with Crippen molar-refractivity contribution in [3.63, 3.8) is 0 Å². The van der Waals surface area contributed by atoms with Gasteiger partial charge in [-0.15, -0.1) is 0 Å². The van der Waals surface area contributed by atoms with Crippen LogP contribution >= 0.6 is 0 Å². The molecule has 110 valence electrons. The van der Waals surface area contributed by atoms with Gasteiger partial charge in [-0.2, -0.15) is 0 Å². The number of nitrogens with two attached hydrogens (primary N) is 3. The van der Waals surface area contributed by atoms with Gasteiger partial charge in [0, 0.05) is 24.7 Å². The van der Waals surface area contributed by atoms with Crippen molar-refractivity contribution in [2.75, 3.05) is 6.61 Å². The molecule has 5 atom stereocenters. The number of rotatable bonds is 10. The molecule has 6 nitrogen and oxygen atoms in total. The highest BCUT2D eigenvalue weighted by molar-refractivity contribution is 4.76. The standard InChI is InChI=1S/C12H29N3O3/c1-8(13)4-11(17)7-12(18)6-10(15)5-9(14)2-3-16/h8-12,16-18H,2-7,13-15H2,1H3/t8-,9?,10?,11?,12?/m0/s1. The third-order valence-corrected chi connectivity index (χ3v) is 2.87. The SMILES string of the molecule is C[C@H](N)CC(O)CC(O)CC(N)CC(N)CCO. The first-order chi connectivity index (χ1) is 8.35. The maximum Gasteiger partial charge on any atom is 0.0579 e. The van der Waals surface area contributed by atoms with Crippen molar-refractivity contribution in [2.24, 2.45) is 17.2 Å². The molecule has 0 saturated carbocycles. The van der Waals surface area contributed by atoms with Gasteiger partial charge < -0.3 is 32.5 Å². The van der Waals surface area contributed by atoms with E-state index in [1.807, 2.05) is 6.92 Å². The van der Waals surface area contributed by atoms with Crippen LogP contribution in [-0.4, -0.2) is 52.3 Å². The monoisotopic (exact) mass is 263 g/mol. The van der Waals surface area contributed by atoms with Crippen LogP contribution < -0.4 is 17.2 Å². The Hall–Kier alpha value is -0.240. The highest BCUT2D eigenvalue weighted by Gasteiger charge is 2.17. The first kappa shape index (κ1) is 17.8. The van der Waals surface area contributed by atoms with Gasteiger partial charge in [-0.3, -0.25) is 0 Å². The van der Waals surface area contributed by atoms with E-state index in [9.17, 15) is 10.2 Å². The molecule has 0 aromatic heterocycles. The fourth-order valence-corrected chi connectivity index (χ4v) is 2.05. The van der Waals surface area contributed by atoms with E-state index in [-0.39, 0.29) is 31.2 Å². The van der Waals surface area contributed by atoms with E-state index in [0.717, 1.165) is 0 Å². The molecule has 0 bridgehead atoms. The lowest BCUT2D eigenvalue weighted by Crippen LogP contribution is -2.35. The number of aliphatic hydroxyl groups excluding tert-OH is 3. The molecule has 0 amide bonds. The van der Waals surface area contributed by atoms with Gasteiger partial charge in [0.1, 0.15) is 0 Å². The van der Waals surface area contributed by atoms with Gasteiger partial charge >= 0.3 is 0 Å². The lowest BCUT2D eigenvalue weighted by atomic mass is 9.96. The highest BCUT2D eigenvalue weighted by Crippen LogP contribution is 2.11. The Morgan fingerprint density at radius 2 is 1.39 bits per heavy atom. The van der Waals surface area contributed by atoms with Crippen molar-refractivity contribution in [3.05, 3.63) is 0 Å². The second kappa shape index (κ2) is 9.66. The molecule has 0 saturated heterocycles. The minimum Gasteiger partial charge on any atom is -0.396 e. The second-order valence-corrected chi connectivity index (χ2v) is 5.26. The predicted molar refractivity (Wildman–Crippen MR) is 71.8 cm³/mol. The van der Waals surface area contributed by atoms with Crippen LogP contribution in [0.25, 0.3) is 0 Å². The first-order valence-corrected chi connectivity index (χ1v) is 6.58. The van der Waals surface area contributed by atoms with Crippen molar-refractivity contribution in [2.45, 2.75) is 69.4 Å². The summed E-state index contributed by atoms with van der Waals surface area (Å²) in [5.41, 5.74) is 17.2. The van der Waals surface area contributed by atoms with E-state index in [2.05, 4.69) is 0 Å². The molecule has 0 rings (SSSR count). The average molecular weight is 263 g/mol. The summed E-state index contributed by atoms with van der Waals surface area (Å²) >= 11 is 0. The van der Waals surface area contributed by atoms with Crippen LogP contribution in [0.5, 0.6) is 0 Å². The van der Waals surface area contributed by atoms with Crippen molar-refractivity contribution in [1.29, 1.82) is 0 Å². The Labute approximate surface area is 109 Å². The zero-order valence-electron chi connectivity index (χ0n) is 11.2.